The van der Waals surface area contributed by atoms with Gasteiger partial charge in [-0.2, -0.15) is 0 Å². The summed E-state index contributed by atoms with van der Waals surface area (Å²) in [6, 6.07) is 6.62. The molecule has 0 aliphatic rings. The molecule has 0 spiro atoms. The molecule has 2 aromatic rings. The average Bonchev–Trinajstić information content (AvgIpc) is 2.97. The molecule has 1 aromatic heterocycles. The van der Waals surface area contributed by atoms with Crippen LogP contribution in [0.2, 0.25) is 0 Å². The lowest BCUT2D eigenvalue weighted by Crippen LogP contribution is -2.22. The quantitative estimate of drug-likeness (QED) is 0.773. The Hall–Kier alpha value is -2.70. The Balaban J connectivity index is 2.02. The Bertz CT molecular complexity index is 633. The van der Waals surface area contributed by atoms with Crippen LogP contribution < -0.4 is 10.6 Å². The number of anilines is 1. The summed E-state index contributed by atoms with van der Waals surface area (Å²) < 4.78 is 0. The molecule has 21 heavy (non-hydrogen) atoms. The van der Waals surface area contributed by atoms with Gasteiger partial charge < -0.3 is 10.6 Å². The Labute approximate surface area is 122 Å². The molecule has 1 aromatic carbocycles. The molecular weight excluding hydrogens is 270 g/mol. The molecule has 0 saturated heterocycles. The summed E-state index contributed by atoms with van der Waals surface area (Å²) in [7, 11) is 0. The molecule has 0 aliphatic carbocycles. The van der Waals surface area contributed by atoms with Gasteiger partial charge in [-0.05, 0) is 31.2 Å². The average molecular weight is 287 g/mol. The molecule has 2 rings (SSSR count). The van der Waals surface area contributed by atoms with Gasteiger partial charge in [-0.1, -0.05) is 6.92 Å². The molecule has 7 nitrogen and oxygen atoms in total. The predicted molar refractivity (Wildman–Crippen MR) is 78.2 cm³/mol. The zero-order valence-corrected chi connectivity index (χ0v) is 11.9. The van der Waals surface area contributed by atoms with Crippen molar-refractivity contribution in [2.45, 2.75) is 20.3 Å². The highest BCUT2D eigenvalue weighted by atomic mass is 16.2. The standard InChI is InChI=1S/C14H17N5O2/c1-3-11-17-12(19-18-11)14(21)16-10-7-5-9(6-8-10)13(20)15-4-2/h5-8H,3-4H2,1-2H3,(H,15,20)(H,16,21)(H,17,18,19). The van der Waals surface area contributed by atoms with Gasteiger partial charge in [-0.15, -0.1) is 5.10 Å². The lowest BCUT2D eigenvalue weighted by molar-refractivity contribution is 0.0955. The van der Waals surface area contributed by atoms with E-state index in [4.69, 9.17) is 0 Å². The van der Waals surface area contributed by atoms with Crippen molar-refractivity contribution in [1.82, 2.24) is 20.5 Å². The van der Waals surface area contributed by atoms with Gasteiger partial charge in [0.1, 0.15) is 5.82 Å². The van der Waals surface area contributed by atoms with E-state index in [1.165, 1.54) is 0 Å². The van der Waals surface area contributed by atoms with E-state index in [2.05, 4.69) is 25.8 Å². The van der Waals surface area contributed by atoms with E-state index in [0.717, 1.165) is 0 Å². The van der Waals surface area contributed by atoms with E-state index in [9.17, 15) is 9.59 Å². The van der Waals surface area contributed by atoms with Crippen molar-refractivity contribution in [3.63, 3.8) is 0 Å². The van der Waals surface area contributed by atoms with Crippen LogP contribution in [0.25, 0.3) is 0 Å². The smallest absolute Gasteiger partial charge is 0.295 e. The van der Waals surface area contributed by atoms with Crippen molar-refractivity contribution in [1.29, 1.82) is 0 Å². The molecule has 0 unspecified atom stereocenters. The summed E-state index contributed by atoms with van der Waals surface area (Å²) in [6.07, 6.45) is 0.682. The van der Waals surface area contributed by atoms with E-state index in [-0.39, 0.29) is 11.7 Å². The number of rotatable bonds is 5. The van der Waals surface area contributed by atoms with E-state index >= 15 is 0 Å². The van der Waals surface area contributed by atoms with Crippen LogP contribution in [0.5, 0.6) is 0 Å². The molecule has 7 heteroatoms. The topological polar surface area (TPSA) is 99.8 Å². The summed E-state index contributed by atoms with van der Waals surface area (Å²) in [4.78, 5) is 27.6. The number of carbonyl (C=O) groups is 2. The molecule has 110 valence electrons. The van der Waals surface area contributed by atoms with Crippen LogP contribution in [0.4, 0.5) is 5.69 Å². The summed E-state index contributed by atoms with van der Waals surface area (Å²) in [6.45, 7) is 4.35. The van der Waals surface area contributed by atoms with E-state index in [1.54, 1.807) is 24.3 Å². The van der Waals surface area contributed by atoms with Crippen molar-refractivity contribution in [3.05, 3.63) is 41.5 Å². The number of aromatic amines is 1. The fourth-order valence-corrected chi connectivity index (χ4v) is 1.71. The zero-order chi connectivity index (χ0) is 15.2. The Kier molecular flexibility index (Phi) is 4.65. The van der Waals surface area contributed by atoms with Gasteiger partial charge in [-0.25, -0.2) is 4.98 Å². The number of hydrogen-bond acceptors (Lipinski definition) is 4. The molecule has 0 aliphatic heterocycles. The largest absolute Gasteiger partial charge is 0.352 e. The third-order valence-electron chi connectivity index (χ3n) is 2.81. The number of aryl methyl sites for hydroxylation is 1. The van der Waals surface area contributed by atoms with Crippen LogP contribution in [-0.4, -0.2) is 33.5 Å². The van der Waals surface area contributed by atoms with Gasteiger partial charge in [0.2, 0.25) is 5.82 Å². The molecule has 3 N–H and O–H groups in total. The second kappa shape index (κ2) is 6.65. The minimum absolute atomic E-state index is 0.0969. The van der Waals surface area contributed by atoms with Crippen molar-refractivity contribution >= 4 is 17.5 Å². The highest BCUT2D eigenvalue weighted by Crippen LogP contribution is 2.10. The summed E-state index contributed by atoms with van der Waals surface area (Å²) >= 11 is 0. The van der Waals surface area contributed by atoms with E-state index in [1.807, 2.05) is 13.8 Å². The molecule has 0 bridgehead atoms. The predicted octanol–water partition coefficient (Wildman–Crippen LogP) is 1.37. The van der Waals surface area contributed by atoms with Gasteiger partial charge in [0, 0.05) is 24.2 Å². The highest BCUT2D eigenvalue weighted by molar-refractivity contribution is 6.02. The number of carbonyl (C=O) groups excluding carboxylic acids is 2. The second-order valence-electron chi connectivity index (χ2n) is 4.35. The molecule has 1 heterocycles. The van der Waals surface area contributed by atoms with Gasteiger partial charge in [-0.3, -0.25) is 14.7 Å². The Morgan fingerprint density at radius 2 is 1.86 bits per heavy atom. The first-order valence-corrected chi connectivity index (χ1v) is 6.75. The fraction of sp³-hybridized carbons (Fsp3) is 0.286. The van der Waals surface area contributed by atoms with Crippen molar-refractivity contribution in [2.24, 2.45) is 0 Å². The van der Waals surface area contributed by atoms with Crippen LogP contribution in [0.15, 0.2) is 24.3 Å². The van der Waals surface area contributed by atoms with E-state index in [0.29, 0.717) is 30.0 Å². The third kappa shape index (κ3) is 3.65. The lowest BCUT2D eigenvalue weighted by atomic mass is 10.2. The monoisotopic (exact) mass is 287 g/mol. The number of H-pyrrole nitrogens is 1. The van der Waals surface area contributed by atoms with Crippen LogP contribution >= 0.6 is 0 Å². The van der Waals surface area contributed by atoms with Crippen molar-refractivity contribution in [3.8, 4) is 0 Å². The molecule has 0 atom stereocenters. The first-order valence-electron chi connectivity index (χ1n) is 6.75. The minimum Gasteiger partial charge on any atom is -0.352 e. The van der Waals surface area contributed by atoms with Crippen molar-refractivity contribution < 1.29 is 9.59 Å². The van der Waals surface area contributed by atoms with Crippen molar-refractivity contribution in [2.75, 3.05) is 11.9 Å². The lowest BCUT2D eigenvalue weighted by Gasteiger charge is -2.05. The second-order valence-corrected chi connectivity index (χ2v) is 4.35. The zero-order valence-electron chi connectivity index (χ0n) is 11.9. The van der Waals surface area contributed by atoms with E-state index < -0.39 is 5.91 Å². The fourth-order valence-electron chi connectivity index (χ4n) is 1.71. The highest BCUT2D eigenvalue weighted by Gasteiger charge is 2.12. The number of hydrogen-bond donors (Lipinski definition) is 3. The number of amides is 2. The number of nitrogens with one attached hydrogen (secondary N) is 3. The first-order chi connectivity index (χ1) is 10.1. The molecule has 0 saturated carbocycles. The van der Waals surface area contributed by atoms with Gasteiger partial charge in [0.15, 0.2) is 0 Å². The molecular formula is C14H17N5O2. The molecule has 2 amide bonds. The first kappa shape index (κ1) is 14.7. The maximum atomic E-state index is 11.9. The van der Waals surface area contributed by atoms with Crippen LogP contribution in [0.3, 0.4) is 0 Å². The molecule has 0 fully saturated rings. The van der Waals surface area contributed by atoms with Crippen LogP contribution in [0.1, 0.15) is 40.6 Å². The SMILES string of the molecule is CCNC(=O)c1ccc(NC(=O)c2n[nH]c(CC)n2)cc1. The molecule has 0 radical (unpaired) electrons. The van der Waals surface area contributed by atoms with Crippen LogP contribution in [-0.2, 0) is 6.42 Å². The number of aromatic nitrogens is 3. The van der Waals surface area contributed by atoms with Gasteiger partial charge >= 0.3 is 0 Å². The number of benzene rings is 1. The number of nitrogens with zero attached hydrogens (tertiary/aromatic N) is 2. The van der Waals surface area contributed by atoms with Gasteiger partial charge in [0.25, 0.3) is 11.8 Å². The third-order valence-corrected chi connectivity index (χ3v) is 2.81. The maximum absolute atomic E-state index is 11.9. The minimum atomic E-state index is -0.392. The van der Waals surface area contributed by atoms with Crippen LogP contribution in [0, 0.1) is 0 Å². The summed E-state index contributed by atoms with van der Waals surface area (Å²) in [5.41, 5.74) is 1.12. The maximum Gasteiger partial charge on any atom is 0.295 e. The normalized spacial score (nSPS) is 10.2. The Morgan fingerprint density at radius 3 is 2.43 bits per heavy atom. The summed E-state index contributed by atoms with van der Waals surface area (Å²) in [5, 5.41) is 11.9. The Morgan fingerprint density at radius 1 is 1.14 bits per heavy atom. The van der Waals surface area contributed by atoms with Gasteiger partial charge in [0.05, 0.1) is 0 Å². The summed E-state index contributed by atoms with van der Waals surface area (Å²) in [5.74, 6) is 0.222.